The molecule has 0 heterocycles. The molecule has 0 aromatic heterocycles. The van der Waals surface area contributed by atoms with Crippen LogP contribution in [0, 0.1) is 0 Å². The highest BCUT2D eigenvalue weighted by Crippen LogP contribution is 2.47. The van der Waals surface area contributed by atoms with Gasteiger partial charge in [0.25, 0.3) is 0 Å². The minimum absolute atomic E-state index is 0.347. The molecule has 0 fully saturated rings. The van der Waals surface area contributed by atoms with E-state index < -0.39 is 22.1 Å². The lowest BCUT2D eigenvalue weighted by molar-refractivity contribution is 0.105. The lowest BCUT2D eigenvalue weighted by Crippen LogP contribution is -2.27. The molecular formula is C30H39O3S+. The van der Waals surface area contributed by atoms with E-state index >= 15 is 0 Å². The van der Waals surface area contributed by atoms with Crippen LogP contribution in [0.3, 0.4) is 0 Å². The topological polar surface area (TPSA) is 27.7 Å². The molecular weight excluding hydrogens is 440 g/mol. The van der Waals surface area contributed by atoms with Crippen LogP contribution in [0.2, 0.25) is 0 Å². The molecule has 0 bridgehead atoms. The SMILES string of the molecule is CC(C)(C)Oc1cc(OC(C)(C)C)c([S+](c2ccccc2)c2ccccc2)c(OC(C)(C)C)c1. The molecule has 3 aromatic rings. The monoisotopic (exact) mass is 479 g/mol. The first-order valence-corrected chi connectivity index (χ1v) is 13.0. The maximum Gasteiger partial charge on any atom is 0.250 e. The quantitative estimate of drug-likeness (QED) is 0.333. The van der Waals surface area contributed by atoms with Crippen molar-refractivity contribution < 1.29 is 14.2 Å². The van der Waals surface area contributed by atoms with E-state index in [-0.39, 0.29) is 5.60 Å². The van der Waals surface area contributed by atoms with Gasteiger partial charge in [-0.2, -0.15) is 0 Å². The van der Waals surface area contributed by atoms with Gasteiger partial charge >= 0.3 is 0 Å². The molecule has 0 atom stereocenters. The van der Waals surface area contributed by atoms with Crippen LogP contribution in [0.15, 0.2) is 87.5 Å². The molecule has 0 saturated carbocycles. The second kappa shape index (κ2) is 9.95. The van der Waals surface area contributed by atoms with Gasteiger partial charge in [0.15, 0.2) is 21.3 Å². The second-order valence-corrected chi connectivity index (χ2v) is 13.3. The highest BCUT2D eigenvalue weighted by Gasteiger charge is 2.39. The van der Waals surface area contributed by atoms with Gasteiger partial charge in [-0.25, -0.2) is 0 Å². The number of rotatable bonds is 6. The van der Waals surface area contributed by atoms with Crippen LogP contribution >= 0.6 is 0 Å². The van der Waals surface area contributed by atoms with Gasteiger partial charge in [0.1, 0.15) is 33.4 Å². The van der Waals surface area contributed by atoms with Gasteiger partial charge in [-0.05, 0) is 86.6 Å². The summed E-state index contributed by atoms with van der Waals surface area (Å²) >= 11 is 0. The fourth-order valence-corrected chi connectivity index (χ4v) is 5.67. The minimum Gasteiger partial charge on any atom is -0.488 e. The summed E-state index contributed by atoms with van der Waals surface area (Å²) in [6, 6.07) is 25.2. The zero-order valence-corrected chi connectivity index (χ0v) is 22.9. The van der Waals surface area contributed by atoms with Crippen molar-refractivity contribution in [2.24, 2.45) is 0 Å². The van der Waals surface area contributed by atoms with Crippen molar-refractivity contribution in [1.82, 2.24) is 0 Å². The third kappa shape index (κ3) is 7.46. The predicted octanol–water partition coefficient (Wildman–Crippen LogP) is 8.31. The summed E-state index contributed by atoms with van der Waals surface area (Å²) in [5.41, 5.74) is -1.13. The van der Waals surface area contributed by atoms with Gasteiger partial charge in [0, 0.05) is 12.1 Å². The van der Waals surface area contributed by atoms with Gasteiger partial charge in [-0.15, -0.1) is 0 Å². The first-order chi connectivity index (χ1) is 15.7. The maximum absolute atomic E-state index is 6.61. The highest BCUT2D eigenvalue weighted by molar-refractivity contribution is 7.97. The summed E-state index contributed by atoms with van der Waals surface area (Å²) in [6.07, 6.45) is 0. The standard InChI is InChI=1S/C30H39O3S/c1-28(2,3)31-22-20-25(32-29(4,5)6)27(26(21-22)33-30(7,8)9)34(23-16-12-10-13-17-23)24-18-14-11-15-19-24/h10-21H,1-9H3/q+1. The normalized spacial score (nSPS) is 12.5. The first-order valence-electron chi connectivity index (χ1n) is 11.8. The first kappa shape index (κ1) is 26.0. The van der Waals surface area contributed by atoms with E-state index in [0.717, 1.165) is 22.1 Å². The summed E-state index contributed by atoms with van der Waals surface area (Å²) in [5, 5.41) is 0. The van der Waals surface area contributed by atoms with E-state index in [1.54, 1.807) is 0 Å². The average Bonchev–Trinajstić information content (AvgIpc) is 2.68. The third-order valence-corrected chi connectivity index (χ3v) is 6.71. The van der Waals surface area contributed by atoms with Crippen molar-refractivity contribution in [1.29, 1.82) is 0 Å². The van der Waals surface area contributed by atoms with Crippen LogP contribution in [0.25, 0.3) is 0 Å². The fourth-order valence-electron chi connectivity index (χ4n) is 3.46. The summed E-state index contributed by atoms with van der Waals surface area (Å²) in [4.78, 5) is 3.44. The van der Waals surface area contributed by atoms with E-state index in [9.17, 15) is 0 Å². The smallest absolute Gasteiger partial charge is 0.250 e. The molecule has 0 aliphatic heterocycles. The van der Waals surface area contributed by atoms with Crippen molar-refractivity contribution in [3.05, 3.63) is 72.8 Å². The zero-order valence-electron chi connectivity index (χ0n) is 22.1. The van der Waals surface area contributed by atoms with Crippen molar-refractivity contribution in [2.75, 3.05) is 0 Å². The van der Waals surface area contributed by atoms with Gasteiger partial charge in [0.2, 0.25) is 4.90 Å². The third-order valence-electron chi connectivity index (χ3n) is 4.41. The minimum atomic E-state index is -0.444. The molecule has 0 N–H and O–H groups in total. The van der Waals surface area contributed by atoms with E-state index in [4.69, 9.17) is 14.2 Å². The Bertz CT molecular complexity index is 996. The summed E-state index contributed by atoms with van der Waals surface area (Å²) < 4.78 is 19.5. The summed E-state index contributed by atoms with van der Waals surface area (Å²) in [5.74, 6) is 2.30. The van der Waals surface area contributed by atoms with Crippen LogP contribution in [0.5, 0.6) is 17.2 Å². The molecule has 4 heteroatoms. The lowest BCUT2D eigenvalue weighted by atomic mass is 10.1. The van der Waals surface area contributed by atoms with Gasteiger partial charge in [0.05, 0.1) is 0 Å². The summed E-state index contributed by atoms with van der Waals surface area (Å²) in [7, 11) is -0.444. The number of hydrogen-bond acceptors (Lipinski definition) is 3. The fraction of sp³-hybridized carbons (Fsp3) is 0.400. The van der Waals surface area contributed by atoms with Gasteiger partial charge in [-0.3, -0.25) is 0 Å². The summed E-state index contributed by atoms with van der Waals surface area (Å²) in [6.45, 7) is 18.6. The number of benzene rings is 3. The second-order valence-electron chi connectivity index (χ2n) is 11.3. The van der Waals surface area contributed by atoms with Gasteiger partial charge < -0.3 is 14.2 Å². The Kier molecular flexibility index (Phi) is 7.62. The van der Waals surface area contributed by atoms with Crippen LogP contribution in [-0.2, 0) is 10.9 Å². The lowest BCUT2D eigenvalue weighted by Gasteiger charge is -2.28. The van der Waals surface area contributed by atoms with E-state index in [2.05, 4.69) is 102 Å². The Morgan fingerprint density at radius 3 is 1.18 bits per heavy atom. The molecule has 3 rings (SSSR count). The highest BCUT2D eigenvalue weighted by atomic mass is 32.2. The van der Waals surface area contributed by atoms with Crippen LogP contribution in [0.1, 0.15) is 62.3 Å². The predicted molar refractivity (Wildman–Crippen MR) is 143 cm³/mol. The Morgan fingerprint density at radius 1 is 0.500 bits per heavy atom. The Labute approximate surface area is 208 Å². The van der Waals surface area contributed by atoms with E-state index in [1.165, 1.54) is 9.79 Å². The van der Waals surface area contributed by atoms with Gasteiger partial charge in [-0.1, -0.05) is 36.4 Å². The maximum atomic E-state index is 6.61. The van der Waals surface area contributed by atoms with Crippen LogP contribution in [0.4, 0.5) is 0 Å². The Hall–Kier alpha value is -2.59. The van der Waals surface area contributed by atoms with E-state index in [1.807, 2.05) is 32.9 Å². The molecule has 3 aromatic carbocycles. The largest absolute Gasteiger partial charge is 0.488 e. The molecule has 0 radical (unpaired) electrons. The van der Waals surface area contributed by atoms with Crippen LogP contribution in [-0.4, -0.2) is 16.8 Å². The molecule has 3 nitrogen and oxygen atoms in total. The molecule has 34 heavy (non-hydrogen) atoms. The molecule has 0 saturated heterocycles. The average molecular weight is 480 g/mol. The van der Waals surface area contributed by atoms with Crippen molar-refractivity contribution in [2.45, 2.75) is 93.8 Å². The molecule has 0 amide bonds. The number of hydrogen-bond donors (Lipinski definition) is 0. The van der Waals surface area contributed by atoms with Crippen molar-refractivity contribution in [3.63, 3.8) is 0 Å². The molecule has 0 aliphatic rings. The zero-order chi connectivity index (χ0) is 25.1. The molecule has 182 valence electrons. The van der Waals surface area contributed by atoms with Crippen molar-refractivity contribution in [3.8, 4) is 17.2 Å². The molecule has 0 unspecified atom stereocenters. The molecule has 0 spiro atoms. The Balaban J connectivity index is 2.36. The molecule has 0 aliphatic carbocycles. The Morgan fingerprint density at radius 2 is 0.853 bits per heavy atom. The van der Waals surface area contributed by atoms with E-state index in [0.29, 0.717) is 0 Å². The van der Waals surface area contributed by atoms with Crippen molar-refractivity contribution >= 4 is 10.9 Å². The van der Waals surface area contributed by atoms with Crippen LogP contribution < -0.4 is 14.2 Å². The number of ether oxygens (including phenoxy) is 3.